The molecule has 0 radical (unpaired) electrons. The number of carboxylic acids is 1. The van der Waals surface area contributed by atoms with Gasteiger partial charge >= 0.3 is 5.97 Å². The highest BCUT2D eigenvalue weighted by atomic mass is 35.5. The Balaban J connectivity index is 2.15. The number of carbonyl (C=O) groups is 1. The van der Waals surface area contributed by atoms with Crippen LogP contribution in [0.4, 0.5) is 4.39 Å². The van der Waals surface area contributed by atoms with E-state index in [-0.39, 0.29) is 16.3 Å². The van der Waals surface area contributed by atoms with Crippen LogP contribution in [0.1, 0.15) is 26.2 Å². The van der Waals surface area contributed by atoms with Crippen LogP contribution < -0.4 is 0 Å². The Morgan fingerprint density at radius 3 is 2.86 bits per heavy atom. The van der Waals surface area contributed by atoms with E-state index < -0.39 is 11.8 Å². The van der Waals surface area contributed by atoms with Crippen molar-refractivity contribution in [1.29, 1.82) is 0 Å². The molecule has 1 aliphatic rings. The Morgan fingerprint density at radius 1 is 1.57 bits per heavy atom. The van der Waals surface area contributed by atoms with E-state index in [4.69, 9.17) is 16.7 Å². The normalized spacial score (nSPS) is 16.9. The third-order valence-corrected chi connectivity index (χ3v) is 5.17. The van der Waals surface area contributed by atoms with E-state index in [1.165, 1.54) is 12.1 Å². The first-order chi connectivity index (χ1) is 9.90. The van der Waals surface area contributed by atoms with Gasteiger partial charge in [-0.3, -0.25) is 4.79 Å². The summed E-state index contributed by atoms with van der Waals surface area (Å²) in [5.41, 5.74) is 1.14. The minimum atomic E-state index is -0.901. The molecule has 1 fully saturated rings. The monoisotopic (exact) mass is 328 g/mol. The topological polar surface area (TPSA) is 55.1 Å². The lowest BCUT2D eigenvalue weighted by atomic mass is 9.78. The number of nitrogens with zero attached hydrogens (tertiary/aromatic N) is 2. The standard InChI is InChI=1S/C14H14ClFN2O2S/c1-14(3-2-4-14)18-11-6-9(16)8(15)5-10(11)17-13(18)21-7-12(19)20/h5-6H,2-4,7H2,1H3,(H,19,20). The zero-order valence-electron chi connectivity index (χ0n) is 11.4. The average molecular weight is 329 g/mol. The van der Waals surface area contributed by atoms with Gasteiger partial charge < -0.3 is 9.67 Å². The number of thioether (sulfide) groups is 1. The van der Waals surface area contributed by atoms with Crippen LogP contribution in [0.5, 0.6) is 0 Å². The summed E-state index contributed by atoms with van der Waals surface area (Å²) in [6, 6.07) is 2.88. The van der Waals surface area contributed by atoms with Crippen molar-refractivity contribution < 1.29 is 14.3 Å². The van der Waals surface area contributed by atoms with Gasteiger partial charge in [0.1, 0.15) is 5.82 Å². The summed E-state index contributed by atoms with van der Waals surface area (Å²) in [4.78, 5) is 15.2. The van der Waals surface area contributed by atoms with Crippen molar-refractivity contribution in [3.8, 4) is 0 Å². The molecule has 1 N–H and O–H groups in total. The predicted molar refractivity (Wildman–Crippen MR) is 80.6 cm³/mol. The first kappa shape index (κ1) is 14.7. The largest absolute Gasteiger partial charge is 0.481 e. The number of hydrogen-bond acceptors (Lipinski definition) is 3. The van der Waals surface area contributed by atoms with Gasteiger partial charge in [0.25, 0.3) is 0 Å². The van der Waals surface area contributed by atoms with Crippen molar-refractivity contribution in [3.63, 3.8) is 0 Å². The van der Waals surface area contributed by atoms with Crippen molar-refractivity contribution in [3.05, 3.63) is 23.0 Å². The lowest BCUT2D eigenvalue weighted by Crippen LogP contribution is -2.37. The highest BCUT2D eigenvalue weighted by molar-refractivity contribution is 7.99. The Morgan fingerprint density at radius 2 is 2.29 bits per heavy atom. The van der Waals surface area contributed by atoms with E-state index in [9.17, 15) is 9.18 Å². The number of carboxylic acid groups (broad SMARTS) is 1. The smallest absolute Gasteiger partial charge is 0.313 e. The summed E-state index contributed by atoms with van der Waals surface area (Å²) in [6.07, 6.45) is 3.06. The van der Waals surface area contributed by atoms with Gasteiger partial charge in [-0.2, -0.15) is 0 Å². The number of halogens is 2. The SMILES string of the molecule is CC1(n2c(SCC(=O)O)nc3cc(Cl)c(F)cc32)CCC1. The van der Waals surface area contributed by atoms with Crippen molar-refractivity contribution in [2.24, 2.45) is 0 Å². The fraction of sp³-hybridized carbons (Fsp3) is 0.429. The molecule has 0 atom stereocenters. The van der Waals surface area contributed by atoms with Gasteiger partial charge in [0.05, 0.1) is 21.8 Å². The molecule has 2 aromatic rings. The van der Waals surface area contributed by atoms with Crippen LogP contribution >= 0.6 is 23.4 Å². The highest BCUT2D eigenvalue weighted by Crippen LogP contribution is 2.44. The van der Waals surface area contributed by atoms with Gasteiger partial charge in [-0.15, -0.1) is 0 Å². The number of benzene rings is 1. The molecule has 112 valence electrons. The fourth-order valence-electron chi connectivity index (χ4n) is 2.71. The second kappa shape index (κ2) is 5.18. The molecule has 1 aromatic carbocycles. The number of aliphatic carboxylic acids is 1. The van der Waals surface area contributed by atoms with Crippen LogP contribution in [-0.2, 0) is 10.3 Å². The van der Waals surface area contributed by atoms with Crippen molar-refractivity contribution in [2.75, 3.05) is 5.75 Å². The molecule has 0 amide bonds. The molecule has 1 aliphatic carbocycles. The van der Waals surface area contributed by atoms with Crippen molar-refractivity contribution >= 4 is 40.4 Å². The molecule has 1 aromatic heterocycles. The molecule has 1 saturated carbocycles. The van der Waals surface area contributed by atoms with Gasteiger partial charge in [0.15, 0.2) is 5.16 Å². The van der Waals surface area contributed by atoms with E-state index in [1.807, 2.05) is 4.57 Å². The molecular formula is C14H14ClFN2O2S. The van der Waals surface area contributed by atoms with Gasteiger partial charge in [0.2, 0.25) is 0 Å². The van der Waals surface area contributed by atoms with Crippen molar-refractivity contribution in [1.82, 2.24) is 9.55 Å². The average Bonchev–Trinajstić information content (AvgIpc) is 2.72. The summed E-state index contributed by atoms with van der Waals surface area (Å²) in [5.74, 6) is -1.46. The Labute approximate surface area is 130 Å². The fourth-order valence-corrected chi connectivity index (χ4v) is 3.73. The first-order valence-electron chi connectivity index (χ1n) is 6.63. The number of hydrogen-bond donors (Lipinski definition) is 1. The molecule has 0 saturated heterocycles. The van der Waals surface area contributed by atoms with E-state index in [1.54, 1.807) is 0 Å². The number of fused-ring (bicyclic) bond motifs is 1. The molecule has 0 aliphatic heterocycles. The van der Waals surface area contributed by atoms with E-state index >= 15 is 0 Å². The zero-order valence-corrected chi connectivity index (χ0v) is 13.0. The second-order valence-electron chi connectivity index (χ2n) is 5.52. The predicted octanol–water partition coefficient (Wildman–Crippen LogP) is 3.90. The zero-order chi connectivity index (χ0) is 15.2. The maximum Gasteiger partial charge on any atom is 0.313 e. The van der Waals surface area contributed by atoms with E-state index in [2.05, 4.69) is 11.9 Å². The Kier molecular flexibility index (Phi) is 3.61. The molecule has 3 rings (SSSR count). The van der Waals surface area contributed by atoms with Crippen LogP contribution in [0.3, 0.4) is 0 Å². The van der Waals surface area contributed by atoms with Gasteiger partial charge in [-0.1, -0.05) is 23.4 Å². The Bertz CT molecular complexity index is 727. The summed E-state index contributed by atoms with van der Waals surface area (Å²) >= 11 is 6.97. The van der Waals surface area contributed by atoms with Gasteiger partial charge in [-0.05, 0) is 32.3 Å². The van der Waals surface area contributed by atoms with E-state index in [0.717, 1.165) is 31.0 Å². The highest BCUT2D eigenvalue weighted by Gasteiger charge is 2.37. The quantitative estimate of drug-likeness (QED) is 0.865. The molecule has 0 bridgehead atoms. The minimum absolute atomic E-state index is 0.0284. The van der Waals surface area contributed by atoms with Crippen LogP contribution in [0.15, 0.2) is 17.3 Å². The van der Waals surface area contributed by atoms with Crippen molar-refractivity contribution in [2.45, 2.75) is 36.9 Å². The molecule has 1 heterocycles. The molecule has 0 spiro atoms. The number of imidazole rings is 1. The molecule has 4 nitrogen and oxygen atoms in total. The summed E-state index contributed by atoms with van der Waals surface area (Å²) in [5, 5.41) is 9.50. The molecule has 7 heteroatoms. The second-order valence-corrected chi connectivity index (χ2v) is 6.87. The first-order valence-corrected chi connectivity index (χ1v) is 8.00. The van der Waals surface area contributed by atoms with Crippen LogP contribution in [0.25, 0.3) is 11.0 Å². The van der Waals surface area contributed by atoms with Crippen LogP contribution in [0, 0.1) is 5.82 Å². The molecular weight excluding hydrogens is 315 g/mol. The lowest BCUT2D eigenvalue weighted by molar-refractivity contribution is -0.133. The third kappa shape index (κ3) is 2.51. The molecule has 0 unspecified atom stereocenters. The summed E-state index contributed by atoms with van der Waals surface area (Å²) < 4.78 is 15.8. The minimum Gasteiger partial charge on any atom is -0.481 e. The molecule has 21 heavy (non-hydrogen) atoms. The van der Waals surface area contributed by atoms with Crippen LogP contribution in [-0.4, -0.2) is 26.4 Å². The van der Waals surface area contributed by atoms with Crippen LogP contribution in [0.2, 0.25) is 5.02 Å². The maximum atomic E-state index is 13.8. The number of rotatable bonds is 4. The van der Waals surface area contributed by atoms with Gasteiger partial charge in [-0.25, -0.2) is 9.37 Å². The third-order valence-electron chi connectivity index (χ3n) is 3.96. The van der Waals surface area contributed by atoms with E-state index in [0.29, 0.717) is 16.2 Å². The lowest BCUT2D eigenvalue weighted by Gasteiger charge is -2.41. The maximum absolute atomic E-state index is 13.8. The summed E-state index contributed by atoms with van der Waals surface area (Å²) in [6.45, 7) is 2.09. The Hall–Kier alpha value is -1.27. The number of aromatic nitrogens is 2. The van der Waals surface area contributed by atoms with Gasteiger partial charge in [0, 0.05) is 11.6 Å². The summed E-state index contributed by atoms with van der Waals surface area (Å²) in [7, 11) is 0.